The summed E-state index contributed by atoms with van der Waals surface area (Å²) in [6.07, 6.45) is 2.46. The lowest BCUT2D eigenvalue weighted by Crippen LogP contribution is -2.36. The van der Waals surface area contributed by atoms with E-state index in [1.165, 1.54) is 5.56 Å². The van der Waals surface area contributed by atoms with Gasteiger partial charge in [0.2, 0.25) is 5.91 Å². The molecule has 0 saturated carbocycles. The number of amides is 1. The Kier molecular flexibility index (Phi) is 3.94. The molecule has 2 rings (SSSR count). The first-order valence-corrected chi connectivity index (χ1v) is 5.88. The number of nitrogens with one attached hydrogen (secondary N) is 2. The molecule has 1 amide bonds. The molecule has 1 aromatic carbocycles. The fraction of sp³-hybridized carbons (Fsp3) is 0.462. The fourth-order valence-electron chi connectivity index (χ4n) is 1.98. The molecule has 1 fully saturated rings. The van der Waals surface area contributed by atoms with Crippen molar-refractivity contribution in [1.29, 1.82) is 0 Å². The van der Waals surface area contributed by atoms with Crippen molar-refractivity contribution in [2.24, 2.45) is 0 Å². The van der Waals surface area contributed by atoms with Crippen LogP contribution in [0.2, 0.25) is 0 Å². The van der Waals surface area contributed by atoms with Crippen LogP contribution >= 0.6 is 0 Å². The van der Waals surface area contributed by atoms with Crippen LogP contribution in [-0.4, -0.2) is 25.0 Å². The van der Waals surface area contributed by atoms with Gasteiger partial charge in [0.05, 0.1) is 0 Å². The Morgan fingerprint density at radius 2 is 2.19 bits per heavy atom. The summed E-state index contributed by atoms with van der Waals surface area (Å²) in [6.45, 7) is 1.93. The van der Waals surface area contributed by atoms with Gasteiger partial charge in [-0.05, 0) is 24.9 Å². The minimum atomic E-state index is 0.164. The first-order chi connectivity index (χ1) is 7.84. The molecule has 0 bridgehead atoms. The smallest absolute Gasteiger partial charge is 0.220 e. The maximum Gasteiger partial charge on any atom is 0.220 e. The second-order valence-corrected chi connectivity index (χ2v) is 4.24. The number of carbonyl (C=O) groups is 1. The summed E-state index contributed by atoms with van der Waals surface area (Å²) in [5.74, 6) is 0.164. The average molecular weight is 218 g/mol. The zero-order chi connectivity index (χ0) is 11.2. The molecule has 3 nitrogen and oxygen atoms in total. The maximum atomic E-state index is 11.6. The SMILES string of the molecule is O=C(CCc1ccccc1)N[C@H]1CCNC1. The van der Waals surface area contributed by atoms with Crippen LogP contribution in [0.3, 0.4) is 0 Å². The third-order valence-corrected chi connectivity index (χ3v) is 2.91. The lowest BCUT2D eigenvalue weighted by Gasteiger charge is -2.10. The van der Waals surface area contributed by atoms with Crippen LogP contribution in [0.25, 0.3) is 0 Å². The number of aryl methyl sites for hydroxylation is 1. The van der Waals surface area contributed by atoms with E-state index in [1.54, 1.807) is 0 Å². The molecule has 2 N–H and O–H groups in total. The van der Waals surface area contributed by atoms with Gasteiger partial charge in [-0.25, -0.2) is 0 Å². The molecule has 1 heterocycles. The van der Waals surface area contributed by atoms with Crippen molar-refractivity contribution in [2.75, 3.05) is 13.1 Å². The van der Waals surface area contributed by atoms with Crippen LogP contribution < -0.4 is 10.6 Å². The van der Waals surface area contributed by atoms with Crippen LogP contribution in [0, 0.1) is 0 Å². The molecule has 0 unspecified atom stereocenters. The Hall–Kier alpha value is -1.35. The van der Waals surface area contributed by atoms with Crippen molar-refractivity contribution in [3.8, 4) is 0 Å². The number of rotatable bonds is 4. The Bertz CT molecular complexity index is 331. The molecule has 0 aliphatic carbocycles. The van der Waals surface area contributed by atoms with Gasteiger partial charge in [-0.2, -0.15) is 0 Å². The van der Waals surface area contributed by atoms with E-state index in [0.717, 1.165) is 25.9 Å². The van der Waals surface area contributed by atoms with Crippen LogP contribution in [-0.2, 0) is 11.2 Å². The van der Waals surface area contributed by atoms with Crippen molar-refractivity contribution in [1.82, 2.24) is 10.6 Å². The van der Waals surface area contributed by atoms with Crippen molar-refractivity contribution in [3.63, 3.8) is 0 Å². The van der Waals surface area contributed by atoms with E-state index >= 15 is 0 Å². The van der Waals surface area contributed by atoms with Crippen LogP contribution in [0.1, 0.15) is 18.4 Å². The number of hydrogen-bond acceptors (Lipinski definition) is 2. The molecule has 1 aliphatic heterocycles. The van der Waals surface area contributed by atoms with Gasteiger partial charge >= 0.3 is 0 Å². The number of benzene rings is 1. The summed E-state index contributed by atoms with van der Waals surface area (Å²) in [7, 11) is 0. The molecule has 0 spiro atoms. The minimum Gasteiger partial charge on any atom is -0.352 e. The van der Waals surface area contributed by atoms with Crippen LogP contribution in [0.4, 0.5) is 0 Å². The highest BCUT2D eigenvalue weighted by atomic mass is 16.1. The third-order valence-electron chi connectivity index (χ3n) is 2.91. The second-order valence-electron chi connectivity index (χ2n) is 4.24. The lowest BCUT2D eigenvalue weighted by atomic mass is 10.1. The Labute approximate surface area is 96.2 Å². The van der Waals surface area contributed by atoms with E-state index in [0.29, 0.717) is 12.5 Å². The second kappa shape index (κ2) is 5.66. The summed E-state index contributed by atoms with van der Waals surface area (Å²) in [5.41, 5.74) is 1.22. The zero-order valence-electron chi connectivity index (χ0n) is 9.41. The molecular formula is C13H18N2O. The predicted molar refractivity (Wildman–Crippen MR) is 64.2 cm³/mol. The topological polar surface area (TPSA) is 41.1 Å². The van der Waals surface area contributed by atoms with E-state index in [9.17, 15) is 4.79 Å². The molecule has 0 radical (unpaired) electrons. The summed E-state index contributed by atoms with van der Waals surface area (Å²) < 4.78 is 0. The van der Waals surface area contributed by atoms with Gasteiger partial charge < -0.3 is 10.6 Å². The maximum absolute atomic E-state index is 11.6. The molecule has 1 saturated heterocycles. The number of carbonyl (C=O) groups excluding carboxylic acids is 1. The highest BCUT2D eigenvalue weighted by Crippen LogP contribution is 2.03. The zero-order valence-corrected chi connectivity index (χ0v) is 9.41. The number of hydrogen-bond donors (Lipinski definition) is 2. The Morgan fingerprint density at radius 1 is 1.38 bits per heavy atom. The molecule has 1 atom stereocenters. The van der Waals surface area contributed by atoms with Gasteiger partial charge in [0.25, 0.3) is 0 Å². The van der Waals surface area contributed by atoms with E-state index < -0.39 is 0 Å². The van der Waals surface area contributed by atoms with Crippen molar-refractivity contribution in [3.05, 3.63) is 35.9 Å². The minimum absolute atomic E-state index is 0.164. The molecular weight excluding hydrogens is 200 g/mol. The van der Waals surface area contributed by atoms with E-state index in [4.69, 9.17) is 0 Å². The Balaban J connectivity index is 1.71. The van der Waals surface area contributed by atoms with E-state index in [1.807, 2.05) is 18.2 Å². The Morgan fingerprint density at radius 3 is 2.88 bits per heavy atom. The van der Waals surface area contributed by atoms with Crippen LogP contribution in [0.15, 0.2) is 30.3 Å². The lowest BCUT2D eigenvalue weighted by molar-refractivity contribution is -0.121. The van der Waals surface area contributed by atoms with Crippen LogP contribution in [0.5, 0.6) is 0 Å². The average Bonchev–Trinajstić information content (AvgIpc) is 2.81. The fourth-order valence-corrected chi connectivity index (χ4v) is 1.98. The first kappa shape index (κ1) is 11.1. The standard InChI is InChI=1S/C13H18N2O/c16-13(15-12-8-9-14-10-12)7-6-11-4-2-1-3-5-11/h1-5,12,14H,6-10H2,(H,15,16)/t12-/m0/s1. The highest BCUT2D eigenvalue weighted by molar-refractivity contribution is 5.76. The monoisotopic (exact) mass is 218 g/mol. The summed E-state index contributed by atoms with van der Waals surface area (Å²) in [4.78, 5) is 11.6. The van der Waals surface area contributed by atoms with Gasteiger partial charge in [0.1, 0.15) is 0 Å². The molecule has 1 aromatic rings. The van der Waals surface area contributed by atoms with E-state index in [2.05, 4.69) is 22.8 Å². The summed E-state index contributed by atoms with van der Waals surface area (Å²) >= 11 is 0. The molecule has 86 valence electrons. The summed E-state index contributed by atoms with van der Waals surface area (Å²) in [5, 5.41) is 6.28. The molecule has 0 aromatic heterocycles. The molecule has 1 aliphatic rings. The third kappa shape index (κ3) is 3.35. The van der Waals surface area contributed by atoms with Gasteiger partial charge in [-0.15, -0.1) is 0 Å². The highest BCUT2D eigenvalue weighted by Gasteiger charge is 2.15. The predicted octanol–water partition coefficient (Wildman–Crippen LogP) is 1.10. The van der Waals surface area contributed by atoms with Crippen molar-refractivity contribution < 1.29 is 4.79 Å². The van der Waals surface area contributed by atoms with Gasteiger partial charge in [-0.3, -0.25) is 4.79 Å². The summed E-state index contributed by atoms with van der Waals surface area (Å²) in [6, 6.07) is 10.5. The molecule has 16 heavy (non-hydrogen) atoms. The quantitative estimate of drug-likeness (QED) is 0.794. The van der Waals surface area contributed by atoms with Gasteiger partial charge in [0.15, 0.2) is 0 Å². The van der Waals surface area contributed by atoms with Gasteiger partial charge in [-0.1, -0.05) is 30.3 Å². The largest absolute Gasteiger partial charge is 0.352 e. The van der Waals surface area contributed by atoms with E-state index in [-0.39, 0.29) is 5.91 Å². The molecule has 3 heteroatoms. The first-order valence-electron chi connectivity index (χ1n) is 5.88. The normalized spacial score (nSPS) is 19.6. The van der Waals surface area contributed by atoms with Crippen molar-refractivity contribution >= 4 is 5.91 Å². The van der Waals surface area contributed by atoms with Crippen molar-refractivity contribution in [2.45, 2.75) is 25.3 Å². The van der Waals surface area contributed by atoms with Gasteiger partial charge in [0, 0.05) is 19.0 Å².